The zero-order valence-corrected chi connectivity index (χ0v) is 17.3. The van der Waals surface area contributed by atoms with E-state index in [0.29, 0.717) is 11.5 Å². The van der Waals surface area contributed by atoms with E-state index in [2.05, 4.69) is 41.0 Å². The molecule has 0 aliphatic carbocycles. The van der Waals surface area contributed by atoms with Gasteiger partial charge in [-0.05, 0) is 35.2 Å². The zero-order chi connectivity index (χ0) is 21.0. The summed E-state index contributed by atoms with van der Waals surface area (Å²) in [4.78, 5) is 31.1. The molecule has 2 aliphatic rings. The van der Waals surface area contributed by atoms with E-state index in [-0.39, 0.29) is 24.3 Å². The number of nitrogens with zero attached hydrogens (tertiary/aromatic N) is 3. The molecule has 0 fully saturated rings. The summed E-state index contributed by atoms with van der Waals surface area (Å²) in [7, 11) is 0. The van der Waals surface area contributed by atoms with Gasteiger partial charge in [0.2, 0.25) is 5.91 Å². The topological polar surface area (TPSA) is 67.2 Å². The molecule has 0 unspecified atom stereocenters. The average Bonchev–Trinajstić information content (AvgIpc) is 3.18. The van der Waals surface area contributed by atoms with Crippen molar-refractivity contribution in [3.63, 3.8) is 0 Å². The molecule has 2 aliphatic heterocycles. The van der Waals surface area contributed by atoms with Crippen molar-refractivity contribution in [3.05, 3.63) is 71.3 Å². The number of hydrogen-bond acceptors (Lipinski definition) is 4. The molecule has 5 rings (SSSR count). The van der Waals surface area contributed by atoms with E-state index in [0.717, 1.165) is 40.0 Å². The molecule has 3 aromatic rings. The van der Waals surface area contributed by atoms with Crippen LogP contribution < -0.4 is 5.32 Å². The highest BCUT2D eigenvalue weighted by Gasteiger charge is 2.41. The van der Waals surface area contributed by atoms with Crippen molar-refractivity contribution in [3.8, 4) is 0 Å². The first kappa shape index (κ1) is 18.6. The molecular formula is C24H24N4O2. The summed E-state index contributed by atoms with van der Waals surface area (Å²) in [6, 6.07) is 10.1. The van der Waals surface area contributed by atoms with Crippen LogP contribution in [0.5, 0.6) is 0 Å². The minimum absolute atomic E-state index is 0.226. The Labute approximate surface area is 175 Å². The van der Waals surface area contributed by atoms with Crippen molar-refractivity contribution in [2.75, 3.05) is 11.9 Å². The predicted molar refractivity (Wildman–Crippen MR) is 116 cm³/mol. The van der Waals surface area contributed by atoms with Crippen LogP contribution in [0.1, 0.15) is 37.8 Å². The molecule has 152 valence electrons. The summed E-state index contributed by atoms with van der Waals surface area (Å²) in [6.45, 7) is 6.99. The lowest BCUT2D eigenvalue weighted by Gasteiger charge is -2.19. The molecule has 2 aromatic heterocycles. The lowest BCUT2D eigenvalue weighted by atomic mass is 9.85. The quantitative estimate of drug-likeness (QED) is 0.724. The Morgan fingerprint density at radius 3 is 2.80 bits per heavy atom. The fourth-order valence-electron chi connectivity index (χ4n) is 4.71. The maximum absolute atomic E-state index is 13.4. The molecular weight excluding hydrogens is 376 g/mol. The van der Waals surface area contributed by atoms with E-state index < -0.39 is 0 Å². The van der Waals surface area contributed by atoms with Crippen molar-refractivity contribution in [1.82, 2.24) is 14.5 Å². The molecule has 0 bridgehead atoms. The lowest BCUT2D eigenvalue weighted by Crippen LogP contribution is -2.33. The minimum Gasteiger partial charge on any atom is -0.356 e. The Balaban J connectivity index is 1.79. The van der Waals surface area contributed by atoms with Gasteiger partial charge < -0.3 is 9.88 Å². The third-order valence-electron chi connectivity index (χ3n) is 5.90. The molecule has 6 heteroatoms. The van der Waals surface area contributed by atoms with Gasteiger partial charge in [0.15, 0.2) is 0 Å². The van der Waals surface area contributed by atoms with E-state index in [1.807, 2.05) is 30.5 Å². The SMILES string of the molecule is CC(=O)N1CC2=C(C1=O)[C@H](c1cccnc1)c1cn(CC(C)C)c3cccc(c13)N2. The van der Waals surface area contributed by atoms with Crippen LogP contribution >= 0.6 is 0 Å². The van der Waals surface area contributed by atoms with Crippen LogP contribution in [0.4, 0.5) is 5.69 Å². The normalized spacial score (nSPS) is 18.1. The van der Waals surface area contributed by atoms with Crippen molar-refractivity contribution in [2.45, 2.75) is 33.2 Å². The van der Waals surface area contributed by atoms with Crippen LogP contribution in [0.25, 0.3) is 10.9 Å². The molecule has 1 atom stereocenters. The molecule has 1 aromatic carbocycles. The number of anilines is 1. The Morgan fingerprint density at radius 1 is 1.27 bits per heavy atom. The van der Waals surface area contributed by atoms with Gasteiger partial charge in [0.1, 0.15) is 0 Å². The van der Waals surface area contributed by atoms with Crippen LogP contribution in [0.15, 0.2) is 60.2 Å². The first-order valence-corrected chi connectivity index (χ1v) is 10.3. The summed E-state index contributed by atoms with van der Waals surface area (Å²) in [6.07, 6.45) is 5.73. The first-order valence-electron chi connectivity index (χ1n) is 10.3. The average molecular weight is 400 g/mol. The molecule has 0 saturated heterocycles. The number of pyridine rings is 1. The highest BCUT2D eigenvalue weighted by Crippen LogP contribution is 2.46. The van der Waals surface area contributed by atoms with Crippen molar-refractivity contribution < 1.29 is 9.59 Å². The fourth-order valence-corrected chi connectivity index (χ4v) is 4.71. The molecule has 4 heterocycles. The number of benzene rings is 1. The molecule has 6 nitrogen and oxygen atoms in total. The van der Waals surface area contributed by atoms with Gasteiger partial charge in [-0.1, -0.05) is 26.0 Å². The second-order valence-corrected chi connectivity index (χ2v) is 8.48. The molecule has 2 amide bonds. The smallest absolute Gasteiger partial charge is 0.259 e. The number of nitrogens with one attached hydrogen (secondary N) is 1. The Bertz CT molecular complexity index is 1210. The van der Waals surface area contributed by atoms with Crippen LogP contribution in [-0.4, -0.2) is 32.8 Å². The summed E-state index contributed by atoms with van der Waals surface area (Å²) < 4.78 is 2.28. The number of carbonyl (C=O) groups is 2. The lowest BCUT2D eigenvalue weighted by molar-refractivity contribution is -0.139. The van der Waals surface area contributed by atoms with E-state index in [1.54, 1.807) is 6.20 Å². The molecule has 30 heavy (non-hydrogen) atoms. The van der Waals surface area contributed by atoms with Crippen LogP contribution in [0.2, 0.25) is 0 Å². The number of carbonyl (C=O) groups excluding carboxylic acids is 2. The standard InChI is InChI=1S/C24H24N4O2/c1-14(2)11-27-12-17-21(16-6-5-9-25-10-16)23-19(13-28(15(3)29)24(23)30)26-18-7-4-8-20(27)22(17)18/h4-10,12,14,21,26H,11,13H2,1-3H3/t21-/m1/s1. The Kier molecular flexibility index (Phi) is 4.24. The van der Waals surface area contributed by atoms with E-state index in [9.17, 15) is 9.59 Å². The summed E-state index contributed by atoms with van der Waals surface area (Å²) in [5, 5.41) is 4.63. The third-order valence-corrected chi connectivity index (χ3v) is 5.90. The molecule has 0 radical (unpaired) electrons. The Morgan fingerprint density at radius 2 is 2.10 bits per heavy atom. The Hall–Kier alpha value is -3.41. The minimum atomic E-state index is -0.280. The van der Waals surface area contributed by atoms with Gasteiger partial charge in [0.05, 0.1) is 17.6 Å². The second kappa shape index (κ2) is 6.83. The van der Waals surface area contributed by atoms with Gasteiger partial charge >= 0.3 is 0 Å². The zero-order valence-electron chi connectivity index (χ0n) is 17.3. The summed E-state index contributed by atoms with van der Waals surface area (Å²) in [5.41, 5.74) is 5.58. The summed E-state index contributed by atoms with van der Waals surface area (Å²) in [5.74, 6) is -0.259. The first-order chi connectivity index (χ1) is 14.5. The third kappa shape index (κ3) is 2.75. The second-order valence-electron chi connectivity index (χ2n) is 8.48. The van der Waals surface area contributed by atoms with Gasteiger partial charge in [-0.25, -0.2) is 0 Å². The van der Waals surface area contributed by atoms with Crippen molar-refractivity contribution in [1.29, 1.82) is 0 Å². The maximum atomic E-state index is 13.4. The van der Waals surface area contributed by atoms with Gasteiger partial charge in [-0.2, -0.15) is 0 Å². The molecule has 0 saturated carbocycles. The van der Waals surface area contributed by atoms with Crippen molar-refractivity contribution in [2.24, 2.45) is 5.92 Å². The number of aromatic nitrogens is 2. The van der Waals surface area contributed by atoms with Crippen LogP contribution in [0, 0.1) is 5.92 Å². The highest BCUT2D eigenvalue weighted by atomic mass is 16.2. The molecule has 1 N–H and O–H groups in total. The fraction of sp³-hybridized carbons (Fsp3) is 0.292. The van der Waals surface area contributed by atoms with Gasteiger partial charge in [-0.3, -0.25) is 19.5 Å². The molecule has 0 spiro atoms. The number of imide groups is 1. The maximum Gasteiger partial charge on any atom is 0.259 e. The summed E-state index contributed by atoms with van der Waals surface area (Å²) >= 11 is 0. The monoisotopic (exact) mass is 400 g/mol. The number of amides is 2. The van der Waals surface area contributed by atoms with Crippen LogP contribution in [0.3, 0.4) is 0 Å². The number of hydrogen-bond donors (Lipinski definition) is 1. The van der Waals surface area contributed by atoms with Crippen molar-refractivity contribution >= 4 is 28.4 Å². The van der Waals surface area contributed by atoms with E-state index in [1.165, 1.54) is 11.8 Å². The largest absolute Gasteiger partial charge is 0.356 e. The van der Waals surface area contributed by atoms with Gasteiger partial charge in [-0.15, -0.1) is 0 Å². The van der Waals surface area contributed by atoms with E-state index >= 15 is 0 Å². The van der Waals surface area contributed by atoms with E-state index in [4.69, 9.17) is 0 Å². The highest BCUT2D eigenvalue weighted by molar-refractivity contribution is 6.11. The number of rotatable bonds is 3. The predicted octanol–water partition coefficient (Wildman–Crippen LogP) is 3.89. The van der Waals surface area contributed by atoms with Crippen LogP contribution in [-0.2, 0) is 16.1 Å². The van der Waals surface area contributed by atoms with Gasteiger partial charge in [0.25, 0.3) is 5.91 Å². The van der Waals surface area contributed by atoms with Gasteiger partial charge in [0, 0.05) is 54.7 Å².